The lowest BCUT2D eigenvalue weighted by molar-refractivity contribution is 0.0950. The number of β-amino-alcohol motifs (C(OH)–C–C–N with tert-alkyl or cyclic N) is 1. The van der Waals surface area contributed by atoms with E-state index in [2.05, 4.69) is 15.4 Å². The summed E-state index contributed by atoms with van der Waals surface area (Å²) in [5.74, 6) is -2.11. The van der Waals surface area contributed by atoms with Crippen LogP contribution in [0, 0.1) is 17.5 Å². The molecular weight excluding hydrogens is 423 g/mol. The number of sulfonamides is 1. The van der Waals surface area contributed by atoms with Crippen LogP contribution >= 0.6 is 0 Å². The molecular formula is C18H18F3N5O3S. The van der Waals surface area contributed by atoms with E-state index in [0.29, 0.717) is 6.42 Å². The molecule has 1 saturated heterocycles. The maximum absolute atomic E-state index is 14.3. The number of rotatable bonds is 4. The van der Waals surface area contributed by atoms with E-state index < -0.39 is 39.6 Å². The predicted octanol–water partition coefficient (Wildman–Crippen LogP) is 1.62. The average molecular weight is 441 g/mol. The molecule has 1 aliphatic heterocycles. The van der Waals surface area contributed by atoms with Gasteiger partial charge in [-0.3, -0.25) is 0 Å². The summed E-state index contributed by atoms with van der Waals surface area (Å²) in [4.78, 5) is 4.02. The Balaban J connectivity index is 1.65. The van der Waals surface area contributed by atoms with E-state index in [1.807, 2.05) is 0 Å². The summed E-state index contributed by atoms with van der Waals surface area (Å²) in [5.41, 5.74) is -0.205. The fourth-order valence-corrected chi connectivity index (χ4v) is 4.30. The highest BCUT2D eigenvalue weighted by Gasteiger charge is 2.32. The Morgan fingerprint density at radius 2 is 1.97 bits per heavy atom. The predicted molar refractivity (Wildman–Crippen MR) is 103 cm³/mol. The molecule has 0 unspecified atom stereocenters. The molecule has 1 aliphatic rings. The van der Waals surface area contributed by atoms with Crippen molar-refractivity contribution in [3.8, 4) is 11.3 Å². The quantitative estimate of drug-likeness (QED) is 0.638. The van der Waals surface area contributed by atoms with Crippen LogP contribution < -0.4 is 5.32 Å². The van der Waals surface area contributed by atoms with Crippen LogP contribution in [-0.2, 0) is 10.0 Å². The summed E-state index contributed by atoms with van der Waals surface area (Å²) in [7, 11) is -3.42. The summed E-state index contributed by atoms with van der Waals surface area (Å²) >= 11 is 0. The second kappa shape index (κ2) is 7.52. The molecule has 0 amide bonds. The van der Waals surface area contributed by atoms with E-state index in [0.717, 1.165) is 35.0 Å². The number of anilines is 1. The van der Waals surface area contributed by atoms with Gasteiger partial charge in [0.15, 0.2) is 5.82 Å². The number of piperidine rings is 1. The van der Waals surface area contributed by atoms with Gasteiger partial charge in [-0.1, -0.05) is 0 Å². The van der Waals surface area contributed by atoms with Crippen LogP contribution in [0.4, 0.5) is 19.1 Å². The van der Waals surface area contributed by atoms with Gasteiger partial charge in [-0.15, -0.1) is 5.10 Å². The minimum Gasteiger partial charge on any atom is -0.390 e. The highest BCUT2D eigenvalue weighted by atomic mass is 32.2. The molecule has 0 spiro atoms. The molecule has 2 atom stereocenters. The van der Waals surface area contributed by atoms with Gasteiger partial charge in [0.05, 0.1) is 30.3 Å². The summed E-state index contributed by atoms with van der Waals surface area (Å²) in [5, 5.41) is 17.4. The van der Waals surface area contributed by atoms with E-state index in [1.54, 1.807) is 0 Å². The number of nitrogens with one attached hydrogen (secondary N) is 1. The Hall–Kier alpha value is -2.70. The van der Waals surface area contributed by atoms with Crippen molar-refractivity contribution in [2.24, 2.45) is 0 Å². The molecule has 12 heteroatoms. The van der Waals surface area contributed by atoms with Crippen molar-refractivity contribution in [1.82, 2.24) is 18.9 Å². The largest absolute Gasteiger partial charge is 0.390 e. The fourth-order valence-electron chi connectivity index (χ4n) is 3.44. The Labute approximate surface area is 170 Å². The Kier molecular flexibility index (Phi) is 5.16. The normalized spacial score (nSPS) is 20.6. The van der Waals surface area contributed by atoms with Crippen molar-refractivity contribution in [2.75, 3.05) is 24.7 Å². The van der Waals surface area contributed by atoms with Crippen molar-refractivity contribution in [3.63, 3.8) is 0 Å². The fraction of sp³-hybridized carbons (Fsp3) is 0.333. The van der Waals surface area contributed by atoms with Crippen LogP contribution in [0.5, 0.6) is 0 Å². The summed E-state index contributed by atoms with van der Waals surface area (Å²) < 4.78 is 67.6. The molecule has 4 rings (SSSR count). The zero-order valence-corrected chi connectivity index (χ0v) is 16.6. The van der Waals surface area contributed by atoms with Gasteiger partial charge in [-0.25, -0.2) is 31.1 Å². The monoisotopic (exact) mass is 441 g/mol. The zero-order chi connectivity index (χ0) is 21.6. The molecule has 2 aromatic heterocycles. The Bertz CT molecular complexity index is 1220. The van der Waals surface area contributed by atoms with Gasteiger partial charge in [-0.2, -0.15) is 4.31 Å². The second-order valence-corrected chi connectivity index (χ2v) is 9.09. The molecule has 1 fully saturated rings. The highest BCUT2D eigenvalue weighted by Crippen LogP contribution is 2.28. The van der Waals surface area contributed by atoms with Gasteiger partial charge < -0.3 is 10.4 Å². The second-order valence-electron chi connectivity index (χ2n) is 7.11. The third-order valence-electron chi connectivity index (χ3n) is 5.00. The number of aromatic nitrogens is 3. The third kappa shape index (κ3) is 3.85. The number of aliphatic hydroxyl groups excluding tert-OH is 1. The van der Waals surface area contributed by atoms with E-state index >= 15 is 0 Å². The van der Waals surface area contributed by atoms with Crippen LogP contribution in [0.2, 0.25) is 0 Å². The van der Waals surface area contributed by atoms with Crippen LogP contribution in [-0.4, -0.2) is 63.9 Å². The topological polar surface area (TPSA) is 99.8 Å². The van der Waals surface area contributed by atoms with Crippen molar-refractivity contribution in [1.29, 1.82) is 0 Å². The Morgan fingerprint density at radius 3 is 2.67 bits per heavy atom. The smallest absolute Gasteiger partial charge is 0.241 e. The lowest BCUT2D eigenvalue weighted by Crippen LogP contribution is -2.51. The van der Waals surface area contributed by atoms with Crippen LogP contribution in [0.15, 0.2) is 30.5 Å². The van der Waals surface area contributed by atoms with E-state index in [9.17, 15) is 26.7 Å². The molecule has 160 valence electrons. The van der Waals surface area contributed by atoms with Gasteiger partial charge >= 0.3 is 0 Å². The average Bonchev–Trinajstić information content (AvgIpc) is 3.00. The number of hydrogen-bond donors (Lipinski definition) is 2. The minimum absolute atomic E-state index is 0.00241. The molecule has 0 aliphatic carbocycles. The summed E-state index contributed by atoms with van der Waals surface area (Å²) in [6.07, 6.45) is 1.53. The number of nitrogens with zero attached hydrogens (tertiary/aromatic N) is 4. The number of fused-ring (bicyclic) bond motifs is 1. The SMILES string of the molecule is CS(=O)(=O)N1CC[C@@H](Nc2ncc3c(F)cc(-c4cc(F)ccc4F)n3n2)[C@H](O)C1. The maximum atomic E-state index is 14.3. The van der Waals surface area contributed by atoms with Crippen molar-refractivity contribution < 1.29 is 26.7 Å². The molecule has 0 bridgehead atoms. The van der Waals surface area contributed by atoms with Crippen molar-refractivity contribution in [2.45, 2.75) is 18.6 Å². The van der Waals surface area contributed by atoms with E-state index in [4.69, 9.17) is 0 Å². The zero-order valence-electron chi connectivity index (χ0n) is 15.8. The van der Waals surface area contributed by atoms with Gasteiger partial charge in [0.1, 0.15) is 17.2 Å². The first kappa shape index (κ1) is 20.6. The number of aliphatic hydroxyl groups is 1. The first-order valence-corrected chi connectivity index (χ1v) is 10.9. The first-order valence-electron chi connectivity index (χ1n) is 9.03. The number of hydrogen-bond acceptors (Lipinski definition) is 6. The van der Waals surface area contributed by atoms with E-state index in [1.165, 1.54) is 10.5 Å². The van der Waals surface area contributed by atoms with E-state index in [-0.39, 0.29) is 35.8 Å². The molecule has 1 aromatic carbocycles. The maximum Gasteiger partial charge on any atom is 0.241 e. The van der Waals surface area contributed by atoms with Crippen LogP contribution in [0.25, 0.3) is 16.8 Å². The molecule has 0 saturated carbocycles. The standard InChI is InChI=1S/C18H18F3N5O3S/c1-30(28,29)25-5-4-14(17(27)9-25)23-18-22-8-16-13(21)7-15(26(16)24-18)11-6-10(19)2-3-12(11)20/h2-3,6-8,14,17,27H,4-5,9H2,1H3,(H,23,24)/t14-,17-/m1/s1. The molecule has 8 nitrogen and oxygen atoms in total. The van der Waals surface area contributed by atoms with Crippen LogP contribution in [0.1, 0.15) is 6.42 Å². The molecule has 30 heavy (non-hydrogen) atoms. The minimum atomic E-state index is -3.42. The van der Waals surface area contributed by atoms with Gasteiger partial charge in [-0.05, 0) is 24.6 Å². The lowest BCUT2D eigenvalue weighted by atomic mass is 10.0. The highest BCUT2D eigenvalue weighted by molar-refractivity contribution is 7.88. The summed E-state index contributed by atoms with van der Waals surface area (Å²) in [6, 6.07) is 3.32. The van der Waals surface area contributed by atoms with Crippen LogP contribution in [0.3, 0.4) is 0 Å². The Morgan fingerprint density at radius 1 is 1.20 bits per heavy atom. The van der Waals surface area contributed by atoms with Crippen molar-refractivity contribution in [3.05, 3.63) is 47.9 Å². The van der Waals surface area contributed by atoms with Gasteiger partial charge in [0.2, 0.25) is 16.0 Å². The van der Waals surface area contributed by atoms with Gasteiger partial charge in [0, 0.05) is 24.7 Å². The molecule has 0 radical (unpaired) electrons. The number of halogens is 3. The molecule has 2 N–H and O–H groups in total. The summed E-state index contributed by atoms with van der Waals surface area (Å²) in [6.45, 7) is 0.115. The van der Waals surface area contributed by atoms with Gasteiger partial charge in [0.25, 0.3) is 0 Å². The molecule has 3 aromatic rings. The van der Waals surface area contributed by atoms with Crippen molar-refractivity contribution >= 4 is 21.5 Å². The first-order chi connectivity index (χ1) is 14.1. The lowest BCUT2D eigenvalue weighted by Gasteiger charge is -2.34. The molecule has 3 heterocycles. The number of benzene rings is 1. The third-order valence-corrected chi connectivity index (χ3v) is 6.27.